The fourth-order valence-electron chi connectivity index (χ4n) is 2.12. The number of hydrogen-bond donors (Lipinski definition) is 2. The summed E-state index contributed by atoms with van der Waals surface area (Å²) in [5.74, 6) is 4.46. The van der Waals surface area contributed by atoms with Crippen LogP contribution < -0.4 is 11.3 Å². The third-order valence-electron chi connectivity index (χ3n) is 3.34. The van der Waals surface area contributed by atoms with Crippen molar-refractivity contribution in [1.82, 2.24) is 9.97 Å². The molecular weight excluding hydrogens is 294 g/mol. The molecule has 0 spiro atoms. The van der Waals surface area contributed by atoms with Crippen LogP contribution in [-0.2, 0) is 0 Å². The number of nitrogens with zero attached hydrogens (tertiary/aromatic N) is 2. The van der Waals surface area contributed by atoms with E-state index in [-0.39, 0.29) is 0 Å². The number of nitrogen functional groups attached to an aromatic ring is 1. The Morgan fingerprint density at radius 3 is 2.57 bits per heavy atom. The van der Waals surface area contributed by atoms with E-state index in [0.29, 0.717) is 17.2 Å². The normalized spacial score (nSPS) is 11.1. The molecular formula is C14H12F2N4S. The number of hydrazine groups is 1. The van der Waals surface area contributed by atoms with Crippen molar-refractivity contribution >= 4 is 27.4 Å². The summed E-state index contributed by atoms with van der Waals surface area (Å²) in [6.45, 7) is 3.95. The van der Waals surface area contributed by atoms with Gasteiger partial charge >= 0.3 is 0 Å². The molecule has 1 aromatic carbocycles. The molecule has 0 unspecified atom stereocenters. The van der Waals surface area contributed by atoms with Gasteiger partial charge in [0.25, 0.3) is 0 Å². The molecule has 3 rings (SSSR count). The van der Waals surface area contributed by atoms with Crippen LogP contribution in [0.1, 0.15) is 10.4 Å². The van der Waals surface area contributed by atoms with Gasteiger partial charge in [-0.3, -0.25) is 0 Å². The Morgan fingerprint density at radius 1 is 1.14 bits per heavy atom. The lowest BCUT2D eigenvalue weighted by molar-refractivity contribution is 0.509. The fourth-order valence-corrected chi connectivity index (χ4v) is 3.15. The van der Waals surface area contributed by atoms with Crippen molar-refractivity contribution in [2.24, 2.45) is 5.84 Å². The minimum absolute atomic E-state index is 0.301. The summed E-state index contributed by atoms with van der Waals surface area (Å²) in [6.07, 6.45) is 0. The fraction of sp³-hybridized carbons (Fsp3) is 0.143. The maximum absolute atomic E-state index is 13.4. The highest BCUT2D eigenvalue weighted by atomic mass is 32.1. The summed E-state index contributed by atoms with van der Waals surface area (Å²) < 4.78 is 26.4. The summed E-state index contributed by atoms with van der Waals surface area (Å²) in [4.78, 5) is 10.6. The van der Waals surface area contributed by atoms with E-state index in [0.717, 1.165) is 32.8 Å². The van der Waals surface area contributed by atoms with Gasteiger partial charge in [0, 0.05) is 10.4 Å². The van der Waals surface area contributed by atoms with Gasteiger partial charge in [-0.2, -0.15) is 0 Å². The number of benzene rings is 1. The van der Waals surface area contributed by atoms with E-state index in [1.165, 1.54) is 17.4 Å². The average Bonchev–Trinajstić information content (AvgIpc) is 2.76. The maximum Gasteiger partial charge on any atom is 0.163 e. The number of aromatic nitrogens is 2. The highest BCUT2D eigenvalue weighted by molar-refractivity contribution is 7.18. The van der Waals surface area contributed by atoms with Crippen LogP contribution in [0.2, 0.25) is 0 Å². The van der Waals surface area contributed by atoms with E-state index in [1.807, 2.05) is 13.8 Å². The number of halogens is 2. The van der Waals surface area contributed by atoms with Crippen LogP contribution in [-0.4, -0.2) is 9.97 Å². The summed E-state index contributed by atoms with van der Waals surface area (Å²) in [5, 5.41) is 0.853. The molecule has 108 valence electrons. The molecule has 0 saturated carbocycles. The zero-order valence-corrected chi connectivity index (χ0v) is 12.2. The van der Waals surface area contributed by atoms with Crippen LogP contribution in [0.3, 0.4) is 0 Å². The predicted molar refractivity (Wildman–Crippen MR) is 80.1 cm³/mol. The Hall–Kier alpha value is -2.12. The van der Waals surface area contributed by atoms with E-state index in [2.05, 4.69) is 15.4 Å². The van der Waals surface area contributed by atoms with Crippen LogP contribution in [0.5, 0.6) is 0 Å². The molecule has 0 radical (unpaired) electrons. The molecule has 4 nitrogen and oxygen atoms in total. The van der Waals surface area contributed by atoms with Crippen molar-refractivity contribution in [3.05, 3.63) is 40.3 Å². The highest BCUT2D eigenvalue weighted by Crippen LogP contribution is 2.34. The Morgan fingerprint density at radius 2 is 1.90 bits per heavy atom. The SMILES string of the molecule is Cc1sc2nc(-c3ccc(F)c(F)c3)nc(NN)c2c1C. The number of thiophene rings is 1. The number of aryl methyl sites for hydroxylation is 2. The lowest BCUT2D eigenvalue weighted by atomic mass is 10.1. The molecule has 0 aliphatic heterocycles. The molecule has 3 aromatic rings. The highest BCUT2D eigenvalue weighted by Gasteiger charge is 2.15. The Bertz CT molecular complexity index is 845. The van der Waals surface area contributed by atoms with Crippen molar-refractivity contribution in [2.75, 3.05) is 5.43 Å². The molecule has 0 bridgehead atoms. The minimum Gasteiger partial charge on any atom is -0.308 e. The zero-order chi connectivity index (χ0) is 15.1. The van der Waals surface area contributed by atoms with E-state index in [9.17, 15) is 8.78 Å². The molecule has 3 N–H and O–H groups in total. The molecule has 0 aliphatic rings. The Balaban J connectivity index is 2.26. The number of hydrogen-bond acceptors (Lipinski definition) is 5. The third-order valence-corrected chi connectivity index (χ3v) is 4.44. The van der Waals surface area contributed by atoms with E-state index in [4.69, 9.17) is 5.84 Å². The van der Waals surface area contributed by atoms with Gasteiger partial charge in [0.2, 0.25) is 0 Å². The van der Waals surface area contributed by atoms with Crippen LogP contribution >= 0.6 is 11.3 Å². The second kappa shape index (κ2) is 5.01. The van der Waals surface area contributed by atoms with Gasteiger partial charge in [0.15, 0.2) is 23.3 Å². The molecule has 0 amide bonds. The van der Waals surface area contributed by atoms with E-state index >= 15 is 0 Å². The van der Waals surface area contributed by atoms with E-state index < -0.39 is 11.6 Å². The van der Waals surface area contributed by atoms with Gasteiger partial charge in [-0.25, -0.2) is 24.6 Å². The molecule has 0 atom stereocenters. The first-order chi connectivity index (χ1) is 10.0. The van der Waals surface area contributed by atoms with Gasteiger partial charge in [0.05, 0.1) is 5.39 Å². The summed E-state index contributed by atoms with van der Waals surface area (Å²) in [5.41, 5.74) is 4.00. The smallest absolute Gasteiger partial charge is 0.163 e. The summed E-state index contributed by atoms with van der Waals surface area (Å²) in [7, 11) is 0. The minimum atomic E-state index is -0.933. The first-order valence-corrected chi connectivity index (χ1v) is 7.02. The number of rotatable bonds is 2. The number of fused-ring (bicyclic) bond motifs is 1. The standard InChI is InChI=1S/C14H12F2N4S/c1-6-7(2)21-14-11(6)13(20-17)18-12(19-14)8-3-4-9(15)10(16)5-8/h3-5H,17H2,1-2H3,(H,18,19,20). The topological polar surface area (TPSA) is 63.8 Å². The quantitative estimate of drug-likeness (QED) is 0.561. The van der Waals surface area contributed by atoms with E-state index in [1.54, 1.807) is 0 Å². The first-order valence-electron chi connectivity index (χ1n) is 6.21. The Labute approximate surface area is 123 Å². The molecule has 21 heavy (non-hydrogen) atoms. The number of nitrogens with one attached hydrogen (secondary N) is 1. The van der Waals surface area contributed by atoms with Crippen molar-refractivity contribution in [3.63, 3.8) is 0 Å². The molecule has 2 heterocycles. The number of nitrogens with two attached hydrogens (primary N) is 1. The molecule has 7 heteroatoms. The predicted octanol–water partition coefficient (Wildman–Crippen LogP) is 3.54. The van der Waals surface area contributed by atoms with Crippen molar-refractivity contribution < 1.29 is 8.78 Å². The lowest BCUT2D eigenvalue weighted by Crippen LogP contribution is -2.10. The first kappa shape index (κ1) is 13.8. The van der Waals surface area contributed by atoms with Gasteiger partial charge in [-0.05, 0) is 37.6 Å². The summed E-state index contributed by atoms with van der Waals surface area (Å²) >= 11 is 1.51. The van der Waals surface area contributed by atoms with Crippen LogP contribution in [0.25, 0.3) is 21.6 Å². The largest absolute Gasteiger partial charge is 0.308 e. The van der Waals surface area contributed by atoms with Gasteiger partial charge in [0.1, 0.15) is 4.83 Å². The van der Waals surface area contributed by atoms with Gasteiger partial charge < -0.3 is 5.43 Å². The van der Waals surface area contributed by atoms with Crippen molar-refractivity contribution in [1.29, 1.82) is 0 Å². The second-order valence-electron chi connectivity index (χ2n) is 4.63. The molecule has 0 fully saturated rings. The van der Waals surface area contributed by atoms with Crippen LogP contribution in [0.15, 0.2) is 18.2 Å². The van der Waals surface area contributed by atoms with Crippen molar-refractivity contribution in [3.8, 4) is 11.4 Å². The maximum atomic E-state index is 13.4. The average molecular weight is 306 g/mol. The Kier molecular flexibility index (Phi) is 3.30. The van der Waals surface area contributed by atoms with Crippen molar-refractivity contribution in [2.45, 2.75) is 13.8 Å². The summed E-state index contributed by atoms with van der Waals surface area (Å²) in [6, 6.07) is 3.57. The molecule has 0 saturated heterocycles. The lowest BCUT2D eigenvalue weighted by Gasteiger charge is -2.06. The molecule has 0 aliphatic carbocycles. The third kappa shape index (κ3) is 2.24. The monoisotopic (exact) mass is 306 g/mol. The van der Waals surface area contributed by atoms with Crippen LogP contribution in [0.4, 0.5) is 14.6 Å². The van der Waals surface area contributed by atoms with Gasteiger partial charge in [-0.15, -0.1) is 11.3 Å². The second-order valence-corrected chi connectivity index (χ2v) is 5.84. The van der Waals surface area contributed by atoms with Crippen LogP contribution in [0, 0.1) is 25.5 Å². The zero-order valence-electron chi connectivity index (χ0n) is 11.4. The van der Waals surface area contributed by atoms with Gasteiger partial charge in [-0.1, -0.05) is 0 Å². The number of anilines is 1. The molecule has 2 aromatic heterocycles.